The minimum atomic E-state index is -0.502. The number of ether oxygens (including phenoxy) is 1. The van der Waals surface area contributed by atoms with E-state index in [-0.39, 0.29) is 5.69 Å². The van der Waals surface area contributed by atoms with E-state index in [0.29, 0.717) is 11.5 Å². The fraction of sp³-hybridized carbons (Fsp3) is 0.250. The largest absolute Gasteiger partial charge is 0.464 e. The first-order chi connectivity index (χ1) is 8.52. The average molecular weight is 246 g/mol. The lowest BCUT2D eigenvalue weighted by molar-refractivity contribution is 0.0594. The Morgan fingerprint density at radius 3 is 2.67 bits per heavy atom. The number of carbonyl (C=O) groups is 1. The molecule has 2 aromatic rings. The van der Waals surface area contributed by atoms with Crippen LogP contribution in [0.5, 0.6) is 0 Å². The van der Waals surface area contributed by atoms with Crippen molar-refractivity contribution in [2.75, 3.05) is 12.8 Å². The van der Waals surface area contributed by atoms with Crippen molar-refractivity contribution in [2.24, 2.45) is 0 Å². The molecule has 0 atom stereocenters. The molecule has 0 aliphatic heterocycles. The first-order valence-electron chi connectivity index (χ1n) is 5.41. The lowest BCUT2D eigenvalue weighted by Gasteiger charge is -2.08. The van der Waals surface area contributed by atoms with Crippen molar-refractivity contribution in [1.82, 2.24) is 14.8 Å². The summed E-state index contributed by atoms with van der Waals surface area (Å²) in [5, 5.41) is 4.29. The highest BCUT2D eigenvalue weighted by Crippen LogP contribution is 2.17. The van der Waals surface area contributed by atoms with Crippen molar-refractivity contribution in [1.29, 1.82) is 0 Å². The molecule has 0 aliphatic carbocycles. The molecule has 18 heavy (non-hydrogen) atoms. The van der Waals surface area contributed by atoms with Gasteiger partial charge in [0, 0.05) is 5.69 Å². The molecule has 0 aliphatic rings. The smallest absolute Gasteiger partial charge is 0.356 e. The Morgan fingerprint density at radius 1 is 1.39 bits per heavy atom. The summed E-state index contributed by atoms with van der Waals surface area (Å²) in [6, 6.07) is 5.05. The number of carbonyl (C=O) groups excluding carboxylic acids is 1. The second kappa shape index (κ2) is 4.48. The Labute approximate surface area is 104 Å². The lowest BCUT2D eigenvalue weighted by Crippen LogP contribution is -2.11. The Hall–Kier alpha value is -2.37. The van der Waals surface area contributed by atoms with E-state index in [4.69, 9.17) is 5.73 Å². The summed E-state index contributed by atoms with van der Waals surface area (Å²) in [5.41, 5.74) is 8.28. The normalized spacial score (nSPS) is 10.4. The number of pyridine rings is 1. The van der Waals surface area contributed by atoms with Gasteiger partial charge in [0.1, 0.15) is 0 Å². The molecule has 0 saturated heterocycles. The van der Waals surface area contributed by atoms with Gasteiger partial charge in [0.25, 0.3) is 0 Å². The zero-order valence-corrected chi connectivity index (χ0v) is 10.5. The van der Waals surface area contributed by atoms with E-state index in [2.05, 4.69) is 14.8 Å². The van der Waals surface area contributed by atoms with Crippen molar-refractivity contribution in [3.63, 3.8) is 0 Å². The van der Waals surface area contributed by atoms with Crippen LogP contribution in [0.15, 0.2) is 18.2 Å². The van der Waals surface area contributed by atoms with E-state index in [0.717, 1.165) is 11.4 Å². The first-order valence-corrected chi connectivity index (χ1v) is 5.41. The highest BCUT2D eigenvalue weighted by atomic mass is 16.5. The topological polar surface area (TPSA) is 83.0 Å². The van der Waals surface area contributed by atoms with Crippen LogP contribution in [-0.2, 0) is 4.74 Å². The number of aryl methyl sites for hydroxylation is 2. The number of nitrogens with zero attached hydrogens (tertiary/aromatic N) is 3. The zero-order valence-electron chi connectivity index (χ0n) is 10.5. The maximum Gasteiger partial charge on any atom is 0.356 e. The van der Waals surface area contributed by atoms with E-state index in [1.807, 2.05) is 19.9 Å². The van der Waals surface area contributed by atoms with Crippen LogP contribution in [0.3, 0.4) is 0 Å². The maximum atomic E-state index is 11.4. The fourth-order valence-electron chi connectivity index (χ4n) is 1.69. The van der Waals surface area contributed by atoms with Crippen molar-refractivity contribution in [3.05, 3.63) is 35.3 Å². The van der Waals surface area contributed by atoms with E-state index < -0.39 is 5.97 Å². The van der Waals surface area contributed by atoms with Crippen LogP contribution < -0.4 is 5.73 Å². The van der Waals surface area contributed by atoms with Gasteiger partial charge in [-0.1, -0.05) is 0 Å². The van der Waals surface area contributed by atoms with Crippen molar-refractivity contribution in [3.8, 4) is 5.82 Å². The molecule has 0 amide bonds. The van der Waals surface area contributed by atoms with Crippen LogP contribution in [0.25, 0.3) is 5.82 Å². The summed E-state index contributed by atoms with van der Waals surface area (Å²) in [7, 11) is 1.31. The summed E-state index contributed by atoms with van der Waals surface area (Å²) >= 11 is 0. The Kier molecular flexibility index (Phi) is 3.01. The Balaban J connectivity index is 2.56. The van der Waals surface area contributed by atoms with Crippen LogP contribution >= 0.6 is 0 Å². The number of rotatable bonds is 2. The van der Waals surface area contributed by atoms with E-state index in [1.165, 1.54) is 13.2 Å². The number of nitrogen functional groups attached to an aromatic ring is 1. The van der Waals surface area contributed by atoms with E-state index in [9.17, 15) is 4.79 Å². The van der Waals surface area contributed by atoms with Gasteiger partial charge in [-0.2, -0.15) is 5.10 Å². The molecule has 2 N–H and O–H groups in total. The zero-order chi connectivity index (χ0) is 13.3. The lowest BCUT2D eigenvalue weighted by atomic mass is 10.3. The molecule has 2 aromatic heterocycles. The minimum Gasteiger partial charge on any atom is -0.464 e. The van der Waals surface area contributed by atoms with Gasteiger partial charge >= 0.3 is 5.97 Å². The van der Waals surface area contributed by atoms with Gasteiger partial charge in [-0.3, -0.25) is 0 Å². The summed E-state index contributed by atoms with van der Waals surface area (Å²) in [5.74, 6) is -0.0683. The van der Waals surface area contributed by atoms with Crippen LogP contribution in [0.1, 0.15) is 21.9 Å². The third-order valence-electron chi connectivity index (χ3n) is 2.51. The van der Waals surface area contributed by atoms with Crippen molar-refractivity contribution < 1.29 is 9.53 Å². The molecule has 0 saturated carbocycles. The molecule has 0 aromatic carbocycles. The Bertz CT molecular complexity index is 604. The van der Waals surface area contributed by atoms with Gasteiger partial charge in [0.15, 0.2) is 11.5 Å². The Morgan fingerprint density at radius 2 is 2.11 bits per heavy atom. The summed E-state index contributed by atoms with van der Waals surface area (Å²) < 4.78 is 6.24. The third kappa shape index (κ3) is 2.04. The summed E-state index contributed by atoms with van der Waals surface area (Å²) in [4.78, 5) is 15.6. The number of hydrogen-bond donors (Lipinski definition) is 1. The van der Waals surface area contributed by atoms with E-state index >= 15 is 0 Å². The number of esters is 1. The van der Waals surface area contributed by atoms with Crippen LogP contribution in [0, 0.1) is 13.8 Å². The molecule has 94 valence electrons. The average Bonchev–Trinajstić information content (AvgIpc) is 2.68. The standard InChI is InChI=1S/C12H14N4O2/c1-7-6-8(2)16(15-7)11-9(13)4-5-10(14-11)12(17)18-3/h4-6H,13H2,1-3H3. The second-order valence-electron chi connectivity index (χ2n) is 3.94. The van der Waals surface area contributed by atoms with E-state index in [1.54, 1.807) is 10.7 Å². The molecule has 6 heteroatoms. The van der Waals surface area contributed by atoms with Gasteiger partial charge < -0.3 is 10.5 Å². The molecule has 2 heterocycles. The molecular formula is C12H14N4O2. The van der Waals surface area contributed by atoms with Crippen molar-refractivity contribution in [2.45, 2.75) is 13.8 Å². The highest BCUT2D eigenvalue weighted by molar-refractivity contribution is 5.88. The number of methoxy groups -OCH3 is 1. The minimum absolute atomic E-state index is 0.203. The number of hydrogen-bond acceptors (Lipinski definition) is 5. The van der Waals surface area contributed by atoms with Gasteiger partial charge in [0.2, 0.25) is 0 Å². The quantitative estimate of drug-likeness (QED) is 0.806. The molecular weight excluding hydrogens is 232 g/mol. The van der Waals surface area contributed by atoms with Crippen LogP contribution in [0.4, 0.5) is 5.69 Å². The van der Waals surface area contributed by atoms with Gasteiger partial charge in [-0.15, -0.1) is 0 Å². The monoisotopic (exact) mass is 246 g/mol. The SMILES string of the molecule is COC(=O)c1ccc(N)c(-n2nc(C)cc2C)n1. The molecule has 0 spiro atoms. The van der Waals surface area contributed by atoms with Crippen LogP contribution in [0.2, 0.25) is 0 Å². The molecule has 2 rings (SSSR count). The number of aromatic nitrogens is 3. The van der Waals surface area contributed by atoms with Gasteiger partial charge in [0.05, 0.1) is 18.5 Å². The third-order valence-corrected chi connectivity index (χ3v) is 2.51. The molecule has 0 radical (unpaired) electrons. The van der Waals surface area contributed by atoms with Gasteiger partial charge in [-0.25, -0.2) is 14.5 Å². The van der Waals surface area contributed by atoms with Crippen LogP contribution in [-0.4, -0.2) is 27.8 Å². The molecule has 6 nitrogen and oxygen atoms in total. The van der Waals surface area contributed by atoms with Crippen molar-refractivity contribution >= 4 is 11.7 Å². The maximum absolute atomic E-state index is 11.4. The molecule has 0 bridgehead atoms. The molecule has 0 unspecified atom stereocenters. The summed E-state index contributed by atoms with van der Waals surface area (Å²) in [6.07, 6.45) is 0. The highest BCUT2D eigenvalue weighted by Gasteiger charge is 2.13. The molecule has 0 fully saturated rings. The fourth-order valence-corrected chi connectivity index (χ4v) is 1.69. The van der Waals surface area contributed by atoms with Gasteiger partial charge in [-0.05, 0) is 32.0 Å². The first kappa shape index (κ1) is 12.1. The summed E-state index contributed by atoms with van der Waals surface area (Å²) in [6.45, 7) is 3.77. The number of anilines is 1. The predicted octanol–water partition coefficient (Wildman–Crippen LogP) is 1.25. The predicted molar refractivity (Wildman–Crippen MR) is 66.6 cm³/mol. The second-order valence-corrected chi connectivity index (χ2v) is 3.94. The number of nitrogens with two attached hydrogens (primary N) is 1.